The van der Waals surface area contributed by atoms with Crippen molar-refractivity contribution >= 4 is 16.5 Å². The summed E-state index contributed by atoms with van der Waals surface area (Å²) in [6.07, 6.45) is 5.68. The van der Waals surface area contributed by atoms with Gasteiger partial charge in [0.25, 0.3) is 0 Å². The summed E-state index contributed by atoms with van der Waals surface area (Å²) < 4.78 is 3.01. The van der Waals surface area contributed by atoms with Crippen LogP contribution in [0.4, 0.5) is 0 Å². The van der Waals surface area contributed by atoms with E-state index in [1.54, 1.807) is 12.1 Å². The summed E-state index contributed by atoms with van der Waals surface area (Å²) in [7, 11) is -1.94. The van der Waals surface area contributed by atoms with E-state index in [1.807, 2.05) is 0 Å². The van der Waals surface area contributed by atoms with Crippen molar-refractivity contribution in [3.63, 3.8) is 0 Å². The molecule has 92 valence electrons. The molecule has 1 aliphatic rings. The Morgan fingerprint density at radius 1 is 0.938 bits per heavy atom. The summed E-state index contributed by atoms with van der Waals surface area (Å²) in [5.41, 5.74) is 0. The second-order valence-electron chi connectivity index (χ2n) is 6.34. The van der Waals surface area contributed by atoms with Gasteiger partial charge in [-0.1, -0.05) is 52.4 Å². The first kappa shape index (κ1) is 17.0. The quantitative estimate of drug-likeness (QED) is 0.527. The largest absolute Gasteiger partial charge is 1.00 e. The van der Waals surface area contributed by atoms with Gasteiger partial charge in [-0.3, -0.25) is 0 Å². The Kier molecular flexibility index (Phi) is 7.22. The Hall–Kier alpha value is 0.991. The zero-order valence-electron chi connectivity index (χ0n) is 13.4. The summed E-state index contributed by atoms with van der Waals surface area (Å²) >= 11 is 0. The number of unbranched alkanes of at least 4 members (excludes halogenated alkanes) is 3. The zero-order valence-corrected chi connectivity index (χ0v) is 14.4. The topological polar surface area (TPSA) is 3.24 Å². The zero-order chi connectivity index (χ0) is 11.5. The molecular formula is C12H30LiNSi2. The Morgan fingerprint density at radius 3 is 1.88 bits per heavy atom. The summed E-state index contributed by atoms with van der Waals surface area (Å²) in [6, 6.07) is 3.11. The maximum absolute atomic E-state index is 3.01. The van der Waals surface area contributed by atoms with Gasteiger partial charge in [0.1, 0.15) is 16.5 Å². The fourth-order valence-corrected chi connectivity index (χ4v) is 17.2. The minimum Gasteiger partial charge on any atom is -1.00 e. The molecule has 0 radical (unpaired) electrons. The molecule has 1 nitrogen and oxygen atoms in total. The van der Waals surface area contributed by atoms with Gasteiger partial charge >= 0.3 is 18.9 Å². The normalized spacial score (nSPS) is 23.1. The maximum atomic E-state index is 3.01. The van der Waals surface area contributed by atoms with E-state index in [4.69, 9.17) is 0 Å². The first-order valence-electron chi connectivity index (χ1n) is 6.68. The number of hydrogen-bond acceptors (Lipinski definition) is 1. The first-order valence-corrected chi connectivity index (χ1v) is 13.0. The Balaban J connectivity index is 0. The average molecular weight is 251 g/mol. The number of nitrogens with zero attached hydrogens (tertiary/aromatic N) is 1. The van der Waals surface area contributed by atoms with Gasteiger partial charge in [0.2, 0.25) is 0 Å². The van der Waals surface area contributed by atoms with Crippen LogP contribution in [0, 0.1) is 0 Å². The molecule has 0 aromatic rings. The average Bonchev–Trinajstić information content (AvgIpc) is 2.33. The number of rotatable bonds is 5. The standard InChI is InChI=1S/C12H29NSi2.Li.H/c1-6-7-8-9-10-13-14(2,3)11-12-15(13,4)5;;/h6-12H2,1-5H3;;/q;+1;-1. The van der Waals surface area contributed by atoms with E-state index >= 15 is 0 Å². The molecule has 1 fully saturated rings. The SMILES string of the molecule is CCCCCCN1[Si](C)(C)CC[Si]1(C)C.[H-].[Li+]. The van der Waals surface area contributed by atoms with Crippen molar-refractivity contribution in [3.8, 4) is 0 Å². The van der Waals surface area contributed by atoms with E-state index in [9.17, 15) is 0 Å². The van der Waals surface area contributed by atoms with Crippen LogP contribution in [0.3, 0.4) is 0 Å². The second-order valence-corrected chi connectivity index (χ2v) is 16.1. The Labute approximate surface area is 118 Å². The molecule has 0 unspecified atom stereocenters. The van der Waals surface area contributed by atoms with E-state index in [2.05, 4.69) is 37.3 Å². The molecule has 0 N–H and O–H groups in total. The van der Waals surface area contributed by atoms with E-state index in [1.165, 1.54) is 32.2 Å². The van der Waals surface area contributed by atoms with Crippen LogP contribution in [0.5, 0.6) is 0 Å². The number of hydrogen-bond donors (Lipinski definition) is 0. The third-order valence-corrected chi connectivity index (χ3v) is 14.5. The maximum Gasteiger partial charge on any atom is 1.00 e. The fourth-order valence-electron chi connectivity index (χ4n) is 3.00. The van der Waals surface area contributed by atoms with Gasteiger partial charge in [-0.25, -0.2) is 0 Å². The summed E-state index contributed by atoms with van der Waals surface area (Å²) in [4.78, 5) is 0. The van der Waals surface area contributed by atoms with Gasteiger partial charge in [-0.05, 0) is 25.1 Å². The van der Waals surface area contributed by atoms with Crippen molar-refractivity contribution in [2.24, 2.45) is 0 Å². The minimum absolute atomic E-state index is 0. The van der Waals surface area contributed by atoms with Crippen molar-refractivity contribution < 1.29 is 20.3 Å². The third kappa shape index (κ3) is 4.34. The molecular weight excluding hydrogens is 221 g/mol. The van der Waals surface area contributed by atoms with Gasteiger partial charge < -0.3 is 5.66 Å². The van der Waals surface area contributed by atoms with Crippen molar-refractivity contribution in [1.29, 1.82) is 0 Å². The molecule has 1 heterocycles. The van der Waals surface area contributed by atoms with Gasteiger partial charge in [0.05, 0.1) is 0 Å². The molecule has 0 spiro atoms. The molecule has 1 rings (SSSR count). The molecule has 1 saturated heterocycles. The van der Waals surface area contributed by atoms with Crippen molar-refractivity contribution in [2.45, 2.75) is 70.9 Å². The van der Waals surface area contributed by atoms with Crippen LogP contribution in [0.25, 0.3) is 0 Å². The molecule has 0 amide bonds. The smallest absolute Gasteiger partial charge is 1.00 e. The molecule has 16 heavy (non-hydrogen) atoms. The minimum atomic E-state index is -0.970. The molecule has 0 aromatic carbocycles. The molecule has 1 aliphatic heterocycles. The molecule has 0 atom stereocenters. The van der Waals surface area contributed by atoms with Crippen LogP contribution in [0.1, 0.15) is 34.0 Å². The van der Waals surface area contributed by atoms with Gasteiger partial charge in [-0.15, -0.1) is 0 Å². The predicted octanol–water partition coefficient (Wildman–Crippen LogP) is 1.41. The van der Waals surface area contributed by atoms with Gasteiger partial charge in [-0.2, -0.15) is 0 Å². The second kappa shape index (κ2) is 6.80. The van der Waals surface area contributed by atoms with Crippen LogP contribution >= 0.6 is 0 Å². The van der Waals surface area contributed by atoms with E-state index in [0.717, 1.165) is 0 Å². The summed E-state index contributed by atoms with van der Waals surface area (Å²) in [6.45, 7) is 14.0. The molecule has 0 aliphatic carbocycles. The van der Waals surface area contributed by atoms with Crippen LogP contribution < -0.4 is 18.9 Å². The molecule has 0 aromatic heterocycles. The first-order chi connectivity index (χ1) is 6.90. The van der Waals surface area contributed by atoms with Crippen molar-refractivity contribution in [2.75, 3.05) is 6.54 Å². The van der Waals surface area contributed by atoms with E-state index in [0.29, 0.717) is 0 Å². The fraction of sp³-hybridized carbons (Fsp3) is 1.00. The van der Waals surface area contributed by atoms with Gasteiger partial charge in [0.15, 0.2) is 0 Å². The van der Waals surface area contributed by atoms with Crippen LogP contribution in [0.2, 0.25) is 38.3 Å². The van der Waals surface area contributed by atoms with E-state index in [-0.39, 0.29) is 20.3 Å². The Morgan fingerprint density at radius 2 is 1.44 bits per heavy atom. The van der Waals surface area contributed by atoms with Crippen LogP contribution in [-0.4, -0.2) is 27.2 Å². The third-order valence-electron chi connectivity index (χ3n) is 4.05. The molecule has 0 bridgehead atoms. The van der Waals surface area contributed by atoms with Crippen molar-refractivity contribution in [3.05, 3.63) is 0 Å². The summed E-state index contributed by atoms with van der Waals surface area (Å²) in [5, 5.41) is 0. The van der Waals surface area contributed by atoms with Crippen LogP contribution in [0.15, 0.2) is 0 Å². The molecule has 4 heteroatoms. The van der Waals surface area contributed by atoms with Crippen molar-refractivity contribution in [1.82, 2.24) is 4.23 Å². The predicted molar refractivity (Wildman–Crippen MR) is 76.5 cm³/mol. The van der Waals surface area contributed by atoms with E-state index < -0.39 is 16.5 Å². The molecule has 0 saturated carbocycles. The Bertz CT molecular complexity index is 197. The monoisotopic (exact) mass is 251 g/mol. The summed E-state index contributed by atoms with van der Waals surface area (Å²) in [5.74, 6) is 0. The van der Waals surface area contributed by atoms with Crippen LogP contribution in [-0.2, 0) is 0 Å². The van der Waals surface area contributed by atoms with Gasteiger partial charge in [0, 0.05) is 0 Å².